The molecule has 4 nitrogen and oxygen atoms in total. The molecule has 2 heterocycles. The number of nitrogens with zero attached hydrogens (tertiary/aromatic N) is 1. The van der Waals surface area contributed by atoms with Crippen molar-refractivity contribution in [2.45, 2.75) is 13.3 Å². The van der Waals surface area contributed by atoms with Gasteiger partial charge in [0.1, 0.15) is 0 Å². The number of rotatable bonds is 3. The predicted octanol–water partition coefficient (Wildman–Crippen LogP) is 2.85. The van der Waals surface area contributed by atoms with Crippen LogP contribution in [-0.2, 0) is 9.59 Å². The van der Waals surface area contributed by atoms with Gasteiger partial charge < -0.3 is 0 Å². The molecule has 0 aliphatic carbocycles. The van der Waals surface area contributed by atoms with E-state index in [0.717, 1.165) is 8.69 Å². The van der Waals surface area contributed by atoms with E-state index < -0.39 is 0 Å². The quantitative estimate of drug-likeness (QED) is 0.585. The lowest BCUT2D eigenvalue weighted by Crippen LogP contribution is -2.35. The molecule has 0 N–H and O–H groups in total. The van der Waals surface area contributed by atoms with Crippen LogP contribution in [0.2, 0.25) is 0 Å². The Labute approximate surface area is 125 Å². The third-order valence-electron chi connectivity index (χ3n) is 2.73. The van der Waals surface area contributed by atoms with E-state index in [9.17, 15) is 14.4 Å². The van der Waals surface area contributed by atoms with Gasteiger partial charge in [-0.1, -0.05) is 6.92 Å². The molecule has 0 saturated carbocycles. The molecule has 0 aromatic carbocycles. The fraction of sp³-hybridized carbons (Fsp3) is 0.364. The maximum atomic E-state index is 12.0. The fourth-order valence-corrected chi connectivity index (χ4v) is 4.63. The Hall–Kier alpha value is -0.530. The lowest BCUT2D eigenvalue weighted by molar-refractivity contribution is -0.138. The predicted molar refractivity (Wildman–Crippen MR) is 74.6 cm³/mol. The third-order valence-corrected chi connectivity index (χ3v) is 5.07. The highest BCUT2D eigenvalue weighted by Gasteiger charge is 2.36. The van der Waals surface area contributed by atoms with Crippen molar-refractivity contribution in [2.75, 3.05) is 6.54 Å². The van der Waals surface area contributed by atoms with Crippen LogP contribution in [-0.4, -0.2) is 29.0 Å². The van der Waals surface area contributed by atoms with Gasteiger partial charge in [0.2, 0.25) is 11.8 Å². The molecule has 1 aliphatic rings. The van der Waals surface area contributed by atoms with Gasteiger partial charge in [-0.2, -0.15) is 0 Å². The van der Waals surface area contributed by atoms with Crippen molar-refractivity contribution in [3.63, 3.8) is 0 Å². The molecule has 1 aliphatic heterocycles. The smallest absolute Gasteiger partial charge is 0.232 e. The Kier molecular flexibility index (Phi) is 4.03. The summed E-state index contributed by atoms with van der Waals surface area (Å²) in [6.07, 6.45) is 0.195. The van der Waals surface area contributed by atoms with E-state index >= 15 is 0 Å². The van der Waals surface area contributed by atoms with Crippen molar-refractivity contribution in [3.8, 4) is 0 Å². The maximum Gasteiger partial charge on any atom is 0.232 e. The van der Waals surface area contributed by atoms with Crippen LogP contribution in [0.3, 0.4) is 0 Å². The van der Waals surface area contributed by atoms with Crippen LogP contribution in [0.15, 0.2) is 13.6 Å². The van der Waals surface area contributed by atoms with Crippen molar-refractivity contribution in [1.82, 2.24) is 4.90 Å². The molecule has 7 heteroatoms. The first-order valence-electron chi connectivity index (χ1n) is 5.22. The minimum atomic E-state index is -0.317. The fourth-order valence-electron chi connectivity index (χ4n) is 1.77. The van der Waals surface area contributed by atoms with Gasteiger partial charge in [-0.15, -0.1) is 11.3 Å². The number of imide groups is 1. The van der Waals surface area contributed by atoms with Crippen molar-refractivity contribution in [1.29, 1.82) is 0 Å². The molecule has 2 rings (SSSR count). The summed E-state index contributed by atoms with van der Waals surface area (Å²) < 4.78 is 1.52. The normalized spacial score (nSPS) is 19.7. The number of hydrogen-bond acceptors (Lipinski definition) is 4. The Morgan fingerprint density at radius 1 is 1.50 bits per heavy atom. The van der Waals surface area contributed by atoms with Gasteiger partial charge >= 0.3 is 0 Å². The third kappa shape index (κ3) is 2.57. The minimum Gasteiger partial charge on any atom is -0.292 e. The van der Waals surface area contributed by atoms with Gasteiger partial charge in [-0.05, 0) is 37.9 Å². The van der Waals surface area contributed by atoms with Crippen molar-refractivity contribution in [3.05, 3.63) is 19.2 Å². The maximum absolute atomic E-state index is 12.0. The van der Waals surface area contributed by atoms with E-state index in [0.29, 0.717) is 9.35 Å². The molecule has 0 radical (unpaired) electrons. The van der Waals surface area contributed by atoms with E-state index in [1.54, 1.807) is 13.0 Å². The molecule has 18 heavy (non-hydrogen) atoms. The van der Waals surface area contributed by atoms with Gasteiger partial charge in [-0.25, -0.2) is 0 Å². The van der Waals surface area contributed by atoms with Gasteiger partial charge in [0.15, 0.2) is 5.78 Å². The number of Topliss-reactive ketones (excluding diaryl/α,β-unsaturated/α-hetero) is 1. The Morgan fingerprint density at radius 2 is 2.17 bits per heavy atom. The van der Waals surface area contributed by atoms with Crippen molar-refractivity contribution >= 4 is 60.8 Å². The average molecular weight is 395 g/mol. The first kappa shape index (κ1) is 13.9. The number of likely N-dealkylation sites (tertiary alicyclic amines) is 1. The average Bonchev–Trinajstić information content (AvgIpc) is 2.73. The summed E-state index contributed by atoms with van der Waals surface area (Å²) in [6, 6.07) is 1.69. The molecule has 2 amide bonds. The van der Waals surface area contributed by atoms with Gasteiger partial charge in [0.05, 0.1) is 14.1 Å². The lowest BCUT2D eigenvalue weighted by Gasteiger charge is -2.12. The van der Waals surface area contributed by atoms with Crippen LogP contribution in [0.25, 0.3) is 0 Å². The Morgan fingerprint density at radius 3 is 2.61 bits per heavy atom. The zero-order chi connectivity index (χ0) is 13.4. The van der Waals surface area contributed by atoms with E-state index in [1.165, 1.54) is 11.3 Å². The second-order valence-electron chi connectivity index (χ2n) is 4.08. The number of carbonyl (C=O) groups excluding carboxylic acids is 3. The number of amides is 2. The molecule has 1 saturated heterocycles. The molecule has 96 valence electrons. The number of thiophene rings is 1. The van der Waals surface area contributed by atoms with Crippen LogP contribution in [0.4, 0.5) is 0 Å². The van der Waals surface area contributed by atoms with Crippen LogP contribution in [0.5, 0.6) is 0 Å². The van der Waals surface area contributed by atoms with E-state index in [1.807, 2.05) is 0 Å². The largest absolute Gasteiger partial charge is 0.292 e. The van der Waals surface area contributed by atoms with Crippen LogP contribution in [0.1, 0.15) is 23.7 Å². The van der Waals surface area contributed by atoms with Gasteiger partial charge in [0.25, 0.3) is 0 Å². The summed E-state index contributed by atoms with van der Waals surface area (Å²) in [6.45, 7) is 1.52. The monoisotopic (exact) mass is 393 g/mol. The second-order valence-corrected chi connectivity index (χ2v) is 7.83. The van der Waals surface area contributed by atoms with Crippen molar-refractivity contribution in [2.24, 2.45) is 5.92 Å². The number of hydrogen-bond donors (Lipinski definition) is 0. The zero-order valence-corrected chi connectivity index (χ0v) is 13.4. The molecule has 1 fully saturated rings. The zero-order valence-electron chi connectivity index (χ0n) is 9.41. The molecular weight excluding hydrogens is 386 g/mol. The van der Waals surface area contributed by atoms with Gasteiger partial charge in [0, 0.05) is 17.9 Å². The molecule has 1 aromatic rings. The molecule has 0 bridgehead atoms. The summed E-state index contributed by atoms with van der Waals surface area (Å²) in [5, 5.41) is 0. The standard InChI is InChI=1S/C11H9Br2NO3S/c1-5-2-9(16)14(11(5)17)4-7(15)6-3-8(12)18-10(6)13/h3,5H,2,4H2,1H3. The van der Waals surface area contributed by atoms with E-state index in [4.69, 9.17) is 0 Å². The topological polar surface area (TPSA) is 54.5 Å². The second kappa shape index (κ2) is 5.22. The Balaban J connectivity index is 2.15. The van der Waals surface area contributed by atoms with Crippen LogP contribution >= 0.6 is 43.2 Å². The minimum absolute atomic E-state index is 0.177. The molecule has 1 unspecified atom stereocenters. The molecular formula is C11H9Br2NO3S. The highest BCUT2D eigenvalue weighted by molar-refractivity contribution is 9.12. The summed E-state index contributed by atoms with van der Waals surface area (Å²) in [5.41, 5.74) is 0.493. The lowest BCUT2D eigenvalue weighted by atomic mass is 10.1. The number of halogens is 2. The van der Waals surface area contributed by atoms with E-state index in [2.05, 4.69) is 31.9 Å². The van der Waals surface area contributed by atoms with E-state index in [-0.39, 0.29) is 36.5 Å². The van der Waals surface area contributed by atoms with Crippen molar-refractivity contribution < 1.29 is 14.4 Å². The molecule has 1 atom stereocenters. The first-order valence-corrected chi connectivity index (χ1v) is 7.62. The number of ketones is 1. The molecule has 1 aromatic heterocycles. The SMILES string of the molecule is CC1CC(=O)N(CC(=O)c2cc(Br)sc2Br)C1=O. The van der Waals surface area contributed by atoms with Crippen LogP contribution in [0, 0.1) is 5.92 Å². The summed E-state index contributed by atoms with van der Waals surface area (Å²) >= 11 is 7.96. The summed E-state index contributed by atoms with van der Waals surface area (Å²) in [4.78, 5) is 36.4. The highest BCUT2D eigenvalue weighted by Crippen LogP contribution is 2.32. The van der Waals surface area contributed by atoms with Gasteiger partial charge in [-0.3, -0.25) is 19.3 Å². The highest BCUT2D eigenvalue weighted by atomic mass is 79.9. The Bertz CT molecular complexity index is 540. The van der Waals surface area contributed by atoms with Crippen LogP contribution < -0.4 is 0 Å². The molecule has 0 spiro atoms. The summed E-state index contributed by atoms with van der Waals surface area (Å²) in [7, 11) is 0. The first-order chi connectivity index (χ1) is 8.40. The summed E-state index contributed by atoms with van der Waals surface area (Å²) in [5.74, 6) is -1.09. The number of carbonyl (C=O) groups is 3.